The van der Waals surface area contributed by atoms with E-state index in [1.807, 2.05) is 0 Å². The van der Waals surface area contributed by atoms with Crippen molar-refractivity contribution in [3.8, 4) is 0 Å². The highest BCUT2D eigenvalue weighted by atomic mass is 35.5. The topological polar surface area (TPSA) is 43.1 Å². The minimum Gasteiger partial charge on any atom is -0.397 e. The van der Waals surface area contributed by atoms with Gasteiger partial charge in [-0.15, -0.1) is 0 Å². The smallest absolute Gasteiger partial charge is 0.161 e. The zero-order chi connectivity index (χ0) is 9.30. The first-order chi connectivity index (χ1) is 5.52. The maximum atomic E-state index is 10.9. The summed E-state index contributed by atoms with van der Waals surface area (Å²) in [5.41, 5.74) is 6.24. The molecule has 2 N–H and O–H groups in total. The highest BCUT2D eigenvalue weighted by Crippen LogP contribution is 2.27. The largest absolute Gasteiger partial charge is 0.397 e. The second-order valence-electron chi connectivity index (χ2n) is 2.41. The molecule has 1 aromatic rings. The average Bonchev–Trinajstić information content (AvgIpc) is 1.96. The number of anilines is 1. The summed E-state index contributed by atoms with van der Waals surface area (Å²) in [5.74, 6) is -0.123. The number of hydrogen-bond acceptors (Lipinski definition) is 2. The van der Waals surface area contributed by atoms with Crippen LogP contribution in [-0.2, 0) is 0 Å². The number of ketones is 1. The maximum absolute atomic E-state index is 10.9. The standard InChI is InChI=1S/C8H7Cl2NO/c1-4(12)5-2-7(10)8(11)3-6(5)9/h2-3H,11H2,1H3. The van der Waals surface area contributed by atoms with E-state index in [1.165, 1.54) is 19.1 Å². The Kier molecular flexibility index (Phi) is 2.60. The van der Waals surface area contributed by atoms with Gasteiger partial charge in [-0.05, 0) is 19.1 Å². The molecule has 0 aliphatic heterocycles. The number of halogens is 2. The molecule has 0 heterocycles. The maximum Gasteiger partial charge on any atom is 0.161 e. The van der Waals surface area contributed by atoms with Crippen molar-refractivity contribution in [1.29, 1.82) is 0 Å². The van der Waals surface area contributed by atoms with Crippen LogP contribution in [0.5, 0.6) is 0 Å². The fourth-order valence-electron chi connectivity index (χ4n) is 0.832. The van der Waals surface area contributed by atoms with Crippen LogP contribution in [0.25, 0.3) is 0 Å². The number of benzene rings is 1. The van der Waals surface area contributed by atoms with Gasteiger partial charge in [0.2, 0.25) is 0 Å². The van der Waals surface area contributed by atoms with Crippen molar-refractivity contribution in [1.82, 2.24) is 0 Å². The highest BCUT2D eigenvalue weighted by Gasteiger charge is 2.08. The molecule has 0 saturated heterocycles. The van der Waals surface area contributed by atoms with E-state index in [9.17, 15) is 4.79 Å². The van der Waals surface area contributed by atoms with Crippen molar-refractivity contribution in [2.24, 2.45) is 0 Å². The third kappa shape index (κ3) is 1.71. The lowest BCUT2D eigenvalue weighted by atomic mass is 10.1. The number of Topliss-reactive ketones (excluding diaryl/α,β-unsaturated/α-hetero) is 1. The SMILES string of the molecule is CC(=O)c1cc(Cl)c(N)cc1Cl. The van der Waals surface area contributed by atoms with Gasteiger partial charge in [0.05, 0.1) is 15.7 Å². The molecule has 0 aliphatic carbocycles. The van der Waals surface area contributed by atoms with E-state index in [0.29, 0.717) is 21.3 Å². The predicted molar refractivity (Wildman–Crippen MR) is 50.9 cm³/mol. The summed E-state index contributed by atoms with van der Waals surface area (Å²) in [6, 6.07) is 2.95. The van der Waals surface area contributed by atoms with Crippen LogP contribution < -0.4 is 5.73 Å². The van der Waals surface area contributed by atoms with E-state index in [2.05, 4.69) is 0 Å². The van der Waals surface area contributed by atoms with Crippen LogP contribution in [0.2, 0.25) is 10.0 Å². The first-order valence-corrected chi connectivity index (χ1v) is 4.03. The first kappa shape index (κ1) is 9.36. The van der Waals surface area contributed by atoms with E-state index in [-0.39, 0.29) is 5.78 Å². The molecule has 4 heteroatoms. The Morgan fingerprint density at radius 3 is 2.42 bits per heavy atom. The number of carbonyl (C=O) groups is 1. The summed E-state index contributed by atoms with van der Waals surface area (Å²) in [6.07, 6.45) is 0. The highest BCUT2D eigenvalue weighted by molar-refractivity contribution is 6.37. The molecule has 0 aromatic heterocycles. The van der Waals surface area contributed by atoms with Gasteiger partial charge in [0.25, 0.3) is 0 Å². The molecule has 0 fully saturated rings. The molecule has 0 unspecified atom stereocenters. The second kappa shape index (κ2) is 3.33. The Morgan fingerprint density at radius 2 is 1.92 bits per heavy atom. The molecule has 64 valence electrons. The summed E-state index contributed by atoms with van der Waals surface area (Å²) in [7, 11) is 0. The first-order valence-electron chi connectivity index (χ1n) is 3.28. The lowest BCUT2D eigenvalue weighted by Gasteiger charge is -2.02. The normalized spacial score (nSPS) is 9.92. The van der Waals surface area contributed by atoms with Crippen LogP contribution in [0, 0.1) is 0 Å². The van der Waals surface area contributed by atoms with Gasteiger partial charge in [0.1, 0.15) is 0 Å². The van der Waals surface area contributed by atoms with Crippen LogP contribution in [-0.4, -0.2) is 5.78 Å². The summed E-state index contributed by atoms with van der Waals surface area (Å²) in [4.78, 5) is 10.9. The molecule has 0 spiro atoms. The molecule has 1 rings (SSSR count). The number of hydrogen-bond donors (Lipinski definition) is 1. The second-order valence-corrected chi connectivity index (χ2v) is 3.22. The quantitative estimate of drug-likeness (QED) is 0.564. The molecule has 0 radical (unpaired) electrons. The van der Waals surface area contributed by atoms with Crippen LogP contribution in [0.15, 0.2) is 12.1 Å². The van der Waals surface area contributed by atoms with Crippen molar-refractivity contribution in [3.63, 3.8) is 0 Å². The Morgan fingerprint density at radius 1 is 1.33 bits per heavy atom. The Labute approximate surface area is 80.3 Å². The molecular weight excluding hydrogens is 197 g/mol. The van der Waals surface area contributed by atoms with Crippen molar-refractivity contribution >= 4 is 34.7 Å². The van der Waals surface area contributed by atoms with Crippen molar-refractivity contribution in [2.75, 3.05) is 5.73 Å². The molecule has 12 heavy (non-hydrogen) atoms. The Balaban J connectivity index is 3.33. The van der Waals surface area contributed by atoms with Gasteiger partial charge in [0.15, 0.2) is 5.78 Å². The minimum atomic E-state index is -0.123. The zero-order valence-corrected chi connectivity index (χ0v) is 7.91. The van der Waals surface area contributed by atoms with Crippen LogP contribution >= 0.6 is 23.2 Å². The number of carbonyl (C=O) groups excluding carboxylic acids is 1. The molecule has 0 amide bonds. The summed E-state index contributed by atoms with van der Waals surface area (Å²) in [6.45, 7) is 1.42. The zero-order valence-electron chi connectivity index (χ0n) is 6.40. The number of rotatable bonds is 1. The summed E-state index contributed by atoms with van der Waals surface area (Å²) >= 11 is 11.4. The third-order valence-corrected chi connectivity index (χ3v) is 2.11. The number of nitrogen functional groups attached to an aromatic ring is 1. The predicted octanol–water partition coefficient (Wildman–Crippen LogP) is 2.78. The minimum absolute atomic E-state index is 0.123. The molecule has 2 nitrogen and oxygen atoms in total. The van der Waals surface area contributed by atoms with Gasteiger partial charge < -0.3 is 5.73 Å². The van der Waals surface area contributed by atoms with E-state index >= 15 is 0 Å². The molecule has 1 aromatic carbocycles. The Bertz CT molecular complexity index is 336. The average molecular weight is 204 g/mol. The fourth-order valence-corrected chi connectivity index (χ4v) is 1.30. The van der Waals surface area contributed by atoms with Gasteiger partial charge in [0, 0.05) is 5.56 Å². The monoisotopic (exact) mass is 203 g/mol. The van der Waals surface area contributed by atoms with Crippen molar-refractivity contribution < 1.29 is 4.79 Å². The molecule has 0 aliphatic rings. The molecular formula is C8H7Cl2NO. The van der Waals surface area contributed by atoms with Gasteiger partial charge in [-0.1, -0.05) is 23.2 Å². The van der Waals surface area contributed by atoms with Gasteiger partial charge >= 0.3 is 0 Å². The van der Waals surface area contributed by atoms with Gasteiger partial charge in [-0.2, -0.15) is 0 Å². The summed E-state index contributed by atoms with van der Waals surface area (Å²) < 4.78 is 0. The summed E-state index contributed by atoms with van der Waals surface area (Å²) in [5, 5.41) is 0.689. The number of nitrogens with two attached hydrogens (primary N) is 1. The lowest BCUT2D eigenvalue weighted by molar-refractivity contribution is 0.101. The van der Waals surface area contributed by atoms with E-state index in [0.717, 1.165) is 0 Å². The molecule has 0 atom stereocenters. The van der Waals surface area contributed by atoms with Gasteiger partial charge in [-0.25, -0.2) is 0 Å². The fraction of sp³-hybridized carbons (Fsp3) is 0.125. The molecule has 0 saturated carbocycles. The third-order valence-electron chi connectivity index (χ3n) is 1.47. The van der Waals surface area contributed by atoms with Crippen molar-refractivity contribution in [3.05, 3.63) is 27.7 Å². The van der Waals surface area contributed by atoms with E-state index in [1.54, 1.807) is 0 Å². The van der Waals surface area contributed by atoms with Crippen LogP contribution in [0.4, 0.5) is 5.69 Å². The van der Waals surface area contributed by atoms with Crippen LogP contribution in [0.3, 0.4) is 0 Å². The lowest BCUT2D eigenvalue weighted by Crippen LogP contribution is -1.95. The van der Waals surface area contributed by atoms with Gasteiger partial charge in [-0.3, -0.25) is 4.79 Å². The van der Waals surface area contributed by atoms with Crippen molar-refractivity contribution in [2.45, 2.75) is 6.92 Å². The molecule has 0 bridgehead atoms. The van der Waals surface area contributed by atoms with E-state index < -0.39 is 0 Å². The Hall–Kier alpha value is -0.730. The van der Waals surface area contributed by atoms with E-state index in [4.69, 9.17) is 28.9 Å². The van der Waals surface area contributed by atoms with Crippen LogP contribution in [0.1, 0.15) is 17.3 Å².